The fraction of sp³-hybridized carbons (Fsp3) is 0.320. The number of pyridine rings is 1. The van der Waals surface area contributed by atoms with E-state index in [1.807, 2.05) is 36.5 Å². The van der Waals surface area contributed by atoms with E-state index in [0.29, 0.717) is 6.04 Å². The molecule has 1 atom stereocenters. The number of rotatable bonds is 11. The van der Waals surface area contributed by atoms with Crippen LogP contribution in [0.25, 0.3) is 0 Å². The van der Waals surface area contributed by atoms with E-state index in [-0.39, 0.29) is 0 Å². The number of anilines is 3. The van der Waals surface area contributed by atoms with E-state index >= 15 is 0 Å². The zero-order chi connectivity index (χ0) is 20.3. The van der Waals surface area contributed by atoms with Crippen molar-refractivity contribution < 1.29 is 0 Å². The number of unbranched alkanes of at least 4 members (excludes halogenated alkanes) is 3. The Kier molecular flexibility index (Phi) is 8.44. The highest BCUT2D eigenvalue weighted by molar-refractivity contribution is 7.99. The Morgan fingerprint density at radius 3 is 2.48 bits per heavy atom. The Morgan fingerprint density at radius 1 is 0.897 bits per heavy atom. The summed E-state index contributed by atoms with van der Waals surface area (Å²) in [4.78, 5) is 5.68. The average molecular weight is 406 g/mol. The van der Waals surface area contributed by atoms with Crippen LogP contribution < -0.4 is 10.6 Å². The monoisotopic (exact) mass is 405 g/mol. The van der Waals surface area contributed by atoms with Crippen molar-refractivity contribution in [2.45, 2.75) is 61.9 Å². The third kappa shape index (κ3) is 7.13. The van der Waals surface area contributed by atoms with Crippen molar-refractivity contribution in [3.63, 3.8) is 0 Å². The predicted octanol–water partition coefficient (Wildman–Crippen LogP) is 7.75. The maximum atomic E-state index is 4.49. The topological polar surface area (TPSA) is 37.0 Å². The summed E-state index contributed by atoms with van der Waals surface area (Å²) in [5, 5.41) is 8.22. The molecule has 152 valence electrons. The minimum absolute atomic E-state index is 0.447. The lowest BCUT2D eigenvalue weighted by Gasteiger charge is -2.19. The summed E-state index contributed by atoms with van der Waals surface area (Å²) in [5.41, 5.74) is 3.34. The lowest BCUT2D eigenvalue weighted by Crippen LogP contribution is -2.15. The van der Waals surface area contributed by atoms with Gasteiger partial charge in [0, 0.05) is 34.2 Å². The Morgan fingerprint density at radius 2 is 1.72 bits per heavy atom. The Hall–Kier alpha value is -2.46. The third-order valence-corrected chi connectivity index (χ3v) is 5.80. The molecule has 0 saturated carbocycles. The smallest absolute Gasteiger partial charge is 0.101 e. The molecular weight excluding hydrogens is 374 g/mol. The lowest BCUT2D eigenvalue weighted by atomic mass is 10.1. The van der Waals surface area contributed by atoms with Crippen LogP contribution in [0, 0.1) is 0 Å². The zero-order valence-corrected chi connectivity index (χ0v) is 18.2. The molecule has 4 heteroatoms. The van der Waals surface area contributed by atoms with E-state index in [2.05, 4.69) is 65.9 Å². The van der Waals surface area contributed by atoms with Crippen molar-refractivity contribution in [2.75, 3.05) is 10.6 Å². The number of nitrogens with zero attached hydrogens (tertiary/aromatic N) is 1. The van der Waals surface area contributed by atoms with E-state index in [1.165, 1.54) is 42.7 Å². The first-order valence-electron chi connectivity index (χ1n) is 10.6. The van der Waals surface area contributed by atoms with Gasteiger partial charge in [0.15, 0.2) is 0 Å². The standard InChI is InChI=1S/C25H31N3S/c1-3-4-5-7-12-20(2)27-23-17-16-22(28-21-13-8-6-9-14-21)19-24(23)29-25-15-10-11-18-26-25/h6,8-11,13-20,27-28H,3-5,7,12H2,1-2H3. The van der Waals surface area contributed by atoms with Crippen molar-refractivity contribution in [1.82, 2.24) is 4.98 Å². The molecule has 1 aromatic heterocycles. The zero-order valence-electron chi connectivity index (χ0n) is 17.4. The quantitative estimate of drug-likeness (QED) is 0.320. The molecule has 1 unspecified atom stereocenters. The molecule has 0 amide bonds. The van der Waals surface area contributed by atoms with Crippen LogP contribution in [0.2, 0.25) is 0 Å². The molecule has 0 aliphatic carbocycles. The summed E-state index contributed by atoms with van der Waals surface area (Å²) in [6.07, 6.45) is 8.24. The molecule has 0 bridgehead atoms. The molecule has 0 spiro atoms. The highest BCUT2D eigenvalue weighted by Crippen LogP contribution is 2.35. The van der Waals surface area contributed by atoms with Gasteiger partial charge in [-0.2, -0.15) is 0 Å². The van der Waals surface area contributed by atoms with Crippen LogP contribution in [-0.2, 0) is 0 Å². The molecular formula is C25H31N3S. The van der Waals surface area contributed by atoms with Gasteiger partial charge in [-0.05, 0) is 55.8 Å². The van der Waals surface area contributed by atoms with E-state index in [1.54, 1.807) is 11.8 Å². The second-order valence-electron chi connectivity index (χ2n) is 7.37. The number of aromatic nitrogens is 1. The fourth-order valence-corrected chi connectivity index (χ4v) is 4.14. The normalized spacial score (nSPS) is 11.8. The summed E-state index contributed by atoms with van der Waals surface area (Å²) in [6, 6.07) is 23.3. The van der Waals surface area contributed by atoms with Crippen LogP contribution in [0.4, 0.5) is 17.1 Å². The van der Waals surface area contributed by atoms with Crippen molar-refractivity contribution in [3.8, 4) is 0 Å². The lowest BCUT2D eigenvalue weighted by molar-refractivity contribution is 0.593. The van der Waals surface area contributed by atoms with Gasteiger partial charge in [0.05, 0.1) is 0 Å². The van der Waals surface area contributed by atoms with Crippen LogP contribution in [0.1, 0.15) is 46.0 Å². The van der Waals surface area contributed by atoms with Crippen LogP contribution >= 0.6 is 11.8 Å². The highest BCUT2D eigenvalue weighted by Gasteiger charge is 2.10. The molecule has 0 radical (unpaired) electrons. The molecule has 1 heterocycles. The molecule has 0 saturated heterocycles. The molecule has 2 N–H and O–H groups in total. The van der Waals surface area contributed by atoms with Gasteiger partial charge in [0.25, 0.3) is 0 Å². The molecule has 3 aromatic rings. The van der Waals surface area contributed by atoms with Crippen molar-refractivity contribution in [1.29, 1.82) is 0 Å². The van der Waals surface area contributed by atoms with Crippen LogP contribution in [0.3, 0.4) is 0 Å². The van der Waals surface area contributed by atoms with Gasteiger partial charge in [0.2, 0.25) is 0 Å². The first-order valence-corrected chi connectivity index (χ1v) is 11.4. The largest absolute Gasteiger partial charge is 0.382 e. The van der Waals surface area contributed by atoms with Crippen LogP contribution in [-0.4, -0.2) is 11.0 Å². The number of para-hydroxylation sites is 1. The maximum absolute atomic E-state index is 4.49. The molecule has 0 fully saturated rings. The number of benzene rings is 2. The van der Waals surface area contributed by atoms with Crippen molar-refractivity contribution >= 4 is 28.8 Å². The minimum Gasteiger partial charge on any atom is -0.382 e. The third-order valence-electron chi connectivity index (χ3n) is 4.79. The van der Waals surface area contributed by atoms with Crippen molar-refractivity contribution in [3.05, 3.63) is 72.9 Å². The second kappa shape index (κ2) is 11.5. The van der Waals surface area contributed by atoms with Gasteiger partial charge < -0.3 is 10.6 Å². The van der Waals surface area contributed by atoms with E-state index in [9.17, 15) is 0 Å². The first kappa shape index (κ1) is 21.3. The Balaban J connectivity index is 1.74. The predicted molar refractivity (Wildman–Crippen MR) is 126 cm³/mol. The maximum Gasteiger partial charge on any atom is 0.101 e. The molecule has 29 heavy (non-hydrogen) atoms. The van der Waals surface area contributed by atoms with Crippen LogP contribution in [0.5, 0.6) is 0 Å². The SMILES string of the molecule is CCCCCCC(C)Nc1ccc(Nc2ccccc2)cc1Sc1ccccn1. The summed E-state index contributed by atoms with van der Waals surface area (Å²) in [5.74, 6) is 0. The summed E-state index contributed by atoms with van der Waals surface area (Å²) >= 11 is 1.70. The van der Waals surface area contributed by atoms with Crippen molar-refractivity contribution in [2.24, 2.45) is 0 Å². The second-order valence-corrected chi connectivity index (χ2v) is 8.43. The van der Waals surface area contributed by atoms with Gasteiger partial charge in [-0.15, -0.1) is 0 Å². The first-order chi connectivity index (χ1) is 14.2. The Labute approximate surface area is 179 Å². The fourth-order valence-electron chi connectivity index (χ4n) is 3.23. The van der Waals surface area contributed by atoms with E-state index in [0.717, 1.165) is 16.4 Å². The average Bonchev–Trinajstić information content (AvgIpc) is 2.75. The Bertz CT molecular complexity index is 852. The molecule has 0 aliphatic heterocycles. The summed E-state index contributed by atoms with van der Waals surface area (Å²) in [6.45, 7) is 4.53. The molecule has 0 aliphatic rings. The van der Waals surface area contributed by atoms with Gasteiger partial charge in [0.1, 0.15) is 5.03 Å². The molecule has 3 nitrogen and oxygen atoms in total. The summed E-state index contributed by atoms with van der Waals surface area (Å²) < 4.78 is 0. The van der Waals surface area contributed by atoms with Crippen LogP contribution in [0.15, 0.2) is 82.8 Å². The van der Waals surface area contributed by atoms with E-state index < -0.39 is 0 Å². The van der Waals surface area contributed by atoms with Gasteiger partial charge in [-0.25, -0.2) is 4.98 Å². The number of hydrogen-bond donors (Lipinski definition) is 2. The summed E-state index contributed by atoms with van der Waals surface area (Å²) in [7, 11) is 0. The number of hydrogen-bond acceptors (Lipinski definition) is 4. The molecule has 2 aromatic carbocycles. The molecule has 3 rings (SSSR count). The highest BCUT2D eigenvalue weighted by atomic mass is 32.2. The number of nitrogens with one attached hydrogen (secondary N) is 2. The van der Waals surface area contributed by atoms with Gasteiger partial charge in [-0.1, -0.05) is 68.6 Å². The minimum atomic E-state index is 0.447. The van der Waals surface area contributed by atoms with Gasteiger partial charge in [-0.3, -0.25) is 0 Å². The van der Waals surface area contributed by atoms with E-state index in [4.69, 9.17) is 0 Å². The van der Waals surface area contributed by atoms with Gasteiger partial charge >= 0.3 is 0 Å².